The Balaban J connectivity index is 1.48. The lowest BCUT2D eigenvalue weighted by Crippen LogP contribution is -2.48. The highest BCUT2D eigenvalue weighted by Crippen LogP contribution is 2.44. The summed E-state index contributed by atoms with van der Waals surface area (Å²) in [6, 6.07) is 13.0. The van der Waals surface area contributed by atoms with Gasteiger partial charge >= 0.3 is 12.1 Å². The van der Waals surface area contributed by atoms with Crippen molar-refractivity contribution < 1.29 is 29.3 Å². The van der Waals surface area contributed by atoms with Gasteiger partial charge in [-0.1, -0.05) is 48.5 Å². The molecule has 0 spiro atoms. The number of aliphatic carboxylic acids is 1. The molecule has 2 amide bonds. The summed E-state index contributed by atoms with van der Waals surface area (Å²) in [5, 5.41) is 27.0. The fourth-order valence-electron chi connectivity index (χ4n) is 4.09. The monoisotopic (exact) mass is 464 g/mol. The maximum atomic E-state index is 12.8. The smallest absolute Gasteiger partial charge is 0.408 e. The average molecular weight is 464 g/mol. The Labute approximate surface area is 195 Å². The Hall–Kier alpha value is -4.18. The molecule has 0 radical (unpaired) electrons. The van der Waals surface area contributed by atoms with Crippen LogP contribution in [0.5, 0.6) is 0 Å². The number of nitrogens with zero attached hydrogens (tertiary/aromatic N) is 2. The number of nitrogens with one attached hydrogen (secondary N) is 2. The third-order valence-electron chi connectivity index (χ3n) is 5.72. The van der Waals surface area contributed by atoms with Gasteiger partial charge in [0.1, 0.15) is 18.7 Å². The van der Waals surface area contributed by atoms with E-state index in [0.717, 1.165) is 22.3 Å². The number of rotatable bonds is 8. The van der Waals surface area contributed by atoms with E-state index in [1.54, 1.807) is 7.05 Å². The highest BCUT2D eigenvalue weighted by atomic mass is 16.5. The number of carboxylic acid groups (broad SMARTS) is 1. The van der Waals surface area contributed by atoms with Crippen molar-refractivity contribution in [2.45, 2.75) is 18.0 Å². The lowest BCUT2D eigenvalue weighted by Gasteiger charge is -2.20. The zero-order chi connectivity index (χ0) is 24.2. The molecule has 34 heavy (non-hydrogen) atoms. The number of amides is 2. The van der Waals surface area contributed by atoms with E-state index in [2.05, 4.69) is 15.7 Å². The number of aliphatic hydroxyl groups excluding tert-OH is 1. The lowest BCUT2D eigenvalue weighted by molar-refractivity contribution is -0.143. The van der Waals surface area contributed by atoms with Crippen molar-refractivity contribution in [1.29, 1.82) is 0 Å². The number of carbonyl (C=O) groups is 3. The quantitative estimate of drug-likeness (QED) is 0.396. The molecule has 1 heterocycles. The zero-order valence-electron chi connectivity index (χ0n) is 18.3. The van der Waals surface area contributed by atoms with Gasteiger partial charge in [0, 0.05) is 24.7 Å². The average Bonchev–Trinajstić information content (AvgIpc) is 3.40. The number of aromatic nitrogens is 2. The van der Waals surface area contributed by atoms with E-state index in [-0.39, 0.29) is 12.5 Å². The van der Waals surface area contributed by atoms with Gasteiger partial charge < -0.3 is 25.6 Å². The number of fused-ring (bicyclic) bond motifs is 3. The van der Waals surface area contributed by atoms with Crippen LogP contribution in [0.1, 0.15) is 28.7 Å². The van der Waals surface area contributed by atoms with Gasteiger partial charge in [-0.05, 0) is 22.3 Å². The van der Waals surface area contributed by atoms with Gasteiger partial charge in [0.25, 0.3) is 0 Å². The molecule has 2 aromatic carbocycles. The minimum Gasteiger partial charge on any atom is -0.480 e. The van der Waals surface area contributed by atoms with Crippen LogP contribution in [0, 0.1) is 0 Å². The van der Waals surface area contributed by atoms with Crippen molar-refractivity contribution in [2.75, 3.05) is 13.2 Å². The fourth-order valence-corrected chi connectivity index (χ4v) is 4.09. The minimum atomic E-state index is -1.52. The first kappa shape index (κ1) is 23.0. The molecule has 0 saturated carbocycles. The molecule has 2 unspecified atom stereocenters. The van der Waals surface area contributed by atoms with Crippen LogP contribution in [-0.4, -0.2) is 57.2 Å². The molecule has 4 rings (SSSR count). The summed E-state index contributed by atoms with van der Waals surface area (Å²) in [7, 11) is 1.64. The molecular weight excluding hydrogens is 440 g/mol. The van der Waals surface area contributed by atoms with E-state index in [0.29, 0.717) is 5.56 Å². The Kier molecular flexibility index (Phi) is 6.60. The van der Waals surface area contributed by atoms with E-state index in [9.17, 15) is 19.5 Å². The molecule has 4 N–H and O–H groups in total. The van der Waals surface area contributed by atoms with Gasteiger partial charge in [-0.2, -0.15) is 5.10 Å². The third kappa shape index (κ3) is 4.62. The molecule has 1 aliphatic rings. The van der Waals surface area contributed by atoms with E-state index >= 15 is 0 Å². The van der Waals surface area contributed by atoms with Gasteiger partial charge in [-0.3, -0.25) is 9.48 Å². The number of benzene rings is 2. The summed E-state index contributed by atoms with van der Waals surface area (Å²) >= 11 is 0. The summed E-state index contributed by atoms with van der Waals surface area (Å²) < 4.78 is 6.94. The van der Waals surface area contributed by atoms with Crippen LogP contribution < -0.4 is 10.6 Å². The molecule has 0 bridgehead atoms. The van der Waals surface area contributed by atoms with Crippen LogP contribution in [0.3, 0.4) is 0 Å². The van der Waals surface area contributed by atoms with E-state index in [1.807, 2.05) is 48.5 Å². The number of alkyl carbamates (subject to hydrolysis) is 1. The minimum absolute atomic E-state index is 0.0512. The summed E-state index contributed by atoms with van der Waals surface area (Å²) in [5.41, 5.74) is 4.60. The van der Waals surface area contributed by atoms with Crippen LogP contribution in [-0.2, 0) is 21.4 Å². The van der Waals surface area contributed by atoms with Crippen LogP contribution in [0.2, 0.25) is 0 Å². The van der Waals surface area contributed by atoms with E-state index in [4.69, 9.17) is 9.84 Å². The van der Waals surface area contributed by atoms with Crippen molar-refractivity contribution in [3.05, 3.63) is 77.6 Å². The van der Waals surface area contributed by atoms with Crippen LogP contribution in [0.25, 0.3) is 11.1 Å². The second kappa shape index (κ2) is 9.75. The van der Waals surface area contributed by atoms with Gasteiger partial charge in [0.15, 0.2) is 0 Å². The first-order chi connectivity index (χ1) is 16.4. The number of carboxylic acids is 1. The van der Waals surface area contributed by atoms with Crippen LogP contribution >= 0.6 is 0 Å². The molecule has 0 saturated heterocycles. The van der Waals surface area contributed by atoms with Crippen molar-refractivity contribution in [3.63, 3.8) is 0 Å². The fraction of sp³-hybridized carbons (Fsp3) is 0.250. The maximum absolute atomic E-state index is 12.8. The molecule has 0 fully saturated rings. The Morgan fingerprint density at radius 3 is 2.21 bits per heavy atom. The van der Waals surface area contributed by atoms with Gasteiger partial charge in [-0.15, -0.1) is 0 Å². The second-order valence-corrected chi connectivity index (χ2v) is 7.93. The number of hydrogen-bond acceptors (Lipinski definition) is 6. The molecule has 2 atom stereocenters. The SMILES string of the molecule is Cn1cc(C(NC(=O)OCC2c3ccccc3-c3ccccc32)C(=O)NC(CO)C(=O)O)cn1. The maximum Gasteiger partial charge on any atom is 0.408 e. The summed E-state index contributed by atoms with van der Waals surface area (Å²) in [4.78, 5) is 36.7. The van der Waals surface area contributed by atoms with E-state index < -0.39 is 36.7 Å². The summed E-state index contributed by atoms with van der Waals surface area (Å²) in [5.74, 6) is -2.38. The Morgan fingerprint density at radius 2 is 1.68 bits per heavy atom. The van der Waals surface area contributed by atoms with Gasteiger partial charge in [-0.25, -0.2) is 9.59 Å². The number of carbonyl (C=O) groups excluding carboxylic acids is 2. The largest absolute Gasteiger partial charge is 0.480 e. The first-order valence-electron chi connectivity index (χ1n) is 10.6. The van der Waals surface area contributed by atoms with E-state index in [1.165, 1.54) is 17.1 Å². The predicted molar refractivity (Wildman–Crippen MR) is 121 cm³/mol. The highest BCUT2D eigenvalue weighted by molar-refractivity contribution is 5.90. The van der Waals surface area contributed by atoms with Crippen molar-refractivity contribution in [2.24, 2.45) is 7.05 Å². The molecular formula is C24H24N4O6. The van der Waals surface area contributed by atoms with Gasteiger partial charge in [0.05, 0.1) is 12.8 Å². The molecule has 10 heteroatoms. The molecule has 3 aromatic rings. The van der Waals surface area contributed by atoms with Crippen molar-refractivity contribution in [1.82, 2.24) is 20.4 Å². The number of hydrogen-bond donors (Lipinski definition) is 4. The topological polar surface area (TPSA) is 143 Å². The lowest BCUT2D eigenvalue weighted by atomic mass is 9.98. The third-order valence-corrected chi connectivity index (χ3v) is 5.72. The van der Waals surface area contributed by atoms with Crippen molar-refractivity contribution >= 4 is 18.0 Å². The molecule has 176 valence electrons. The predicted octanol–water partition coefficient (Wildman–Crippen LogP) is 1.56. The summed E-state index contributed by atoms with van der Waals surface area (Å²) in [6.45, 7) is -0.749. The molecule has 1 aliphatic carbocycles. The van der Waals surface area contributed by atoms with Crippen molar-refractivity contribution in [3.8, 4) is 11.1 Å². The van der Waals surface area contributed by atoms with Gasteiger partial charge in [0.2, 0.25) is 5.91 Å². The Bertz CT molecular complexity index is 1180. The molecule has 0 aliphatic heterocycles. The van der Waals surface area contributed by atoms with Crippen LogP contribution in [0.4, 0.5) is 4.79 Å². The normalized spacial score (nSPS) is 13.9. The Morgan fingerprint density at radius 1 is 1.06 bits per heavy atom. The number of ether oxygens (including phenoxy) is 1. The summed E-state index contributed by atoms with van der Waals surface area (Å²) in [6.07, 6.45) is 2.05. The number of aryl methyl sites for hydroxylation is 1. The molecule has 10 nitrogen and oxygen atoms in total. The highest BCUT2D eigenvalue weighted by Gasteiger charge is 2.31. The second-order valence-electron chi connectivity index (χ2n) is 7.93. The van der Waals surface area contributed by atoms with Crippen LogP contribution in [0.15, 0.2) is 60.9 Å². The number of aliphatic hydroxyl groups is 1. The first-order valence-corrected chi connectivity index (χ1v) is 10.6. The zero-order valence-corrected chi connectivity index (χ0v) is 18.3. The molecule has 1 aromatic heterocycles. The standard InChI is InChI=1S/C24H24N4O6/c1-28-11-14(10-25-28)21(22(30)26-20(12-29)23(31)32)27-24(33)34-13-19-17-8-4-2-6-15(17)16-7-3-5-9-18(16)19/h2-11,19-21,29H,12-13H2,1H3,(H,26,30)(H,27,33)(H,31,32).